The molecular weight excluding hydrogens is 572 g/mol. The topological polar surface area (TPSA) is 132 Å². The smallest absolute Gasteiger partial charge is 0.326 e. The van der Waals surface area contributed by atoms with Gasteiger partial charge in [-0.3, -0.25) is 9.10 Å². The van der Waals surface area contributed by atoms with Crippen LogP contribution in [0.5, 0.6) is 0 Å². The molecule has 9 nitrogen and oxygen atoms in total. The van der Waals surface area contributed by atoms with E-state index in [1.165, 1.54) is 65.0 Å². The van der Waals surface area contributed by atoms with E-state index in [-0.39, 0.29) is 23.4 Å². The average Bonchev–Trinajstić information content (AvgIpc) is 3.47. The van der Waals surface area contributed by atoms with Gasteiger partial charge in [0.25, 0.3) is 15.9 Å². The van der Waals surface area contributed by atoms with Crippen LogP contribution < -0.4 is 9.62 Å². The molecule has 0 spiro atoms. The Bertz CT molecular complexity index is 1560. The number of H-pyrrole nitrogens is 1. The van der Waals surface area contributed by atoms with Gasteiger partial charge >= 0.3 is 5.97 Å². The number of nitrogens with zero attached hydrogens (tertiary/aromatic N) is 2. The van der Waals surface area contributed by atoms with Crippen LogP contribution in [-0.2, 0) is 21.4 Å². The van der Waals surface area contributed by atoms with Crippen molar-refractivity contribution in [3.63, 3.8) is 0 Å². The van der Waals surface area contributed by atoms with E-state index in [2.05, 4.69) is 15.3 Å². The number of carboxylic acid groups (broad SMARTS) is 1. The van der Waals surface area contributed by atoms with Crippen LogP contribution in [0.3, 0.4) is 0 Å². The van der Waals surface area contributed by atoms with E-state index < -0.39 is 27.9 Å². The molecule has 1 heterocycles. The Morgan fingerprint density at radius 1 is 1.10 bits per heavy atom. The number of aliphatic carboxylic acids is 1. The number of hydrogen-bond donors (Lipinski definition) is 3. The Morgan fingerprint density at radius 3 is 2.45 bits per heavy atom. The highest BCUT2D eigenvalue weighted by Gasteiger charge is 2.28. The zero-order valence-electron chi connectivity index (χ0n) is 21.5. The van der Waals surface area contributed by atoms with Crippen molar-refractivity contribution < 1.29 is 23.1 Å². The highest BCUT2D eigenvalue weighted by molar-refractivity contribution is 7.98. The molecule has 4 rings (SSSR count). The summed E-state index contributed by atoms with van der Waals surface area (Å²) in [6.45, 7) is -0.0551. The van der Waals surface area contributed by atoms with Crippen LogP contribution in [-0.4, -0.2) is 53.4 Å². The van der Waals surface area contributed by atoms with Crippen LogP contribution >= 0.6 is 23.4 Å². The number of aromatic nitrogens is 2. The van der Waals surface area contributed by atoms with Crippen LogP contribution in [0.1, 0.15) is 22.5 Å². The summed E-state index contributed by atoms with van der Waals surface area (Å²) in [5.74, 6) is -1.13. The van der Waals surface area contributed by atoms with Crippen LogP contribution in [0.4, 0.5) is 5.69 Å². The van der Waals surface area contributed by atoms with Crippen molar-refractivity contribution in [2.45, 2.75) is 23.9 Å². The number of benzene rings is 3. The third-order valence-electron chi connectivity index (χ3n) is 6.11. The highest BCUT2D eigenvalue weighted by atomic mass is 35.5. The van der Waals surface area contributed by atoms with E-state index >= 15 is 0 Å². The van der Waals surface area contributed by atoms with Gasteiger partial charge in [-0.15, -0.1) is 0 Å². The number of aromatic amines is 1. The van der Waals surface area contributed by atoms with E-state index in [1.807, 2.05) is 12.3 Å². The number of amides is 1. The third kappa shape index (κ3) is 6.85. The molecule has 0 bridgehead atoms. The first-order valence-electron chi connectivity index (χ1n) is 12.2. The zero-order chi connectivity index (χ0) is 28.7. The molecule has 4 aromatic rings. The number of halogens is 1. The second-order valence-corrected chi connectivity index (χ2v) is 12.1. The molecular formula is C28H27ClN4O5S2. The van der Waals surface area contributed by atoms with Gasteiger partial charge in [-0.1, -0.05) is 41.9 Å². The molecule has 0 radical (unpaired) electrons. The normalized spacial score (nSPS) is 12.1. The summed E-state index contributed by atoms with van der Waals surface area (Å²) < 4.78 is 28.9. The lowest BCUT2D eigenvalue weighted by Gasteiger charge is -2.25. The summed E-state index contributed by atoms with van der Waals surface area (Å²) in [6, 6.07) is 18.5. The number of imidazole rings is 1. The van der Waals surface area contributed by atoms with Crippen LogP contribution in [0, 0.1) is 0 Å². The van der Waals surface area contributed by atoms with Gasteiger partial charge in [0.15, 0.2) is 0 Å². The van der Waals surface area contributed by atoms with E-state index in [1.54, 1.807) is 30.3 Å². The first-order valence-corrected chi connectivity index (χ1v) is 15.4. The Balaban J connectivity index is 1.81. The molecule has 1 amide bonds. The van der Waals surface area contributed by atoms with Gasteiger partial charge in [0.1, 0.15) is 6.04 Å². The molecule has 0 fully saturated rings. The Hall–Kier alpha value is -3.80. The molecule has 1 aromatic heterocycles. The fourth-order valence-electron chi connectivity index (χ4n) is 4.05. The summed E-state index contributed by atoms with van der Waals surface area (Å²) >= 11 is 7.48. The van der Waals surface area contributed by atoms with Gasteiger partial charge < -0.3 is 15.4 Å². The first-order chi connectivity index (χ1) is 19.2. The molecule has 12 heteroatoms. The lowest BCUT2D eigenvalue weighted by atomic mass is 9.98. The minimum atomic E-state index is -4.07. The number of carbonyl (C=O) groups excluding carboxylic acids is 1. The third-order valence-corrected chi connectivity index (χ3v) is 8.79. The van der Waals surface area contributed by atoms with Gasteiger partial charge in [-0.25, -0.2) is 18.2 Å². The van der Waals surface area contributed by atoms with Crippen molar-refractivity contribution in [2.24, 2.45) is 0 Å². The van der Waals surface area contributed by atoms with E-state index in [4.69, 9.17) is 11.6 Å². The van der Waals surface area contributed by atoms with E-state index in [0.717, 1.165) is 0 Å². The van der Waals surface area contributed by atoms with Gasteiger partial charge in [0.05, 0.1) is 29.1 Å². The minimum absolute atomic E-state index is 0.0394. The fraction of sp³-hybridized carbons (Fsp3) is 0.179. The second-order valence-electron chi connectivity index (χ2n) is 8.78. The molecule has 3 N–H and O–H groups in total. The van der Waals surface area contributed by atoms with Crippen molar-refractivity contribution >= 4 is 50.9 Å². The number of sulfonamides is 1. The molecule has 0 aliphatic carbocycles. The number of carboxylic acids is 1. The predicted octanol–water partition coefficient (Wildman–Crippen LogP) is 5.06. The Morgan fingerprint density at radius 2 is 1.82 bits per heavy atom. The monoisotopic (exact) mass is 598 g/mol. The standard InChI is InChI=1S/C28H27ClN4O5S2/c1-39-14-13-26(28(35)36)32-27(34)24-12-9-22(15-25(24)19-5-3-2-4-6-19)33(17-21-16-30-18-31-21)40(37,38)23-10-7-20(29)8-11-23/h2-12,15-16,18,26H,13-14,17H2,1H3,(H,30,31)(H,32,34)(H,35,36)/t26-/m0/s1. The summed E-state index contributed by atoms with van der Waals surface area (Å²) in [5, 5.41) is 12.6. The largest absolute Gasteiger partial charge is 0.480 e. The van der Waals surface area contributed by atoms with Crippen LogP contribution in [0.15, 0.2) is 90.2 Å². The number of hydrogen-bond acceptors (Lipinski definition) is 6. The molecule has 0 saturated heterocycles. The number of rotatable bonds is 12. The lowest BCUT2D eigenvalue weighted by Crippen LogP contribution is -2.41. The summed E-state index contributed by atoms with van der Waals surface area (Å²) in [5.41, 5.74) is 2.19. The number of thioether (sulfide) groups is 1. The van der Waals surface area contributed by atoms with Crippen LogP contribution in [0.25, 0.3) is 11.1 Å². The maximum absolute atomic E-state index is 13.9. The lowest BCUT2D eigenvalue weighted by molar-refractivity contribution is -0.139. The molecule has 1 atom stereocenters. The first kappa shape index (κ1) is 29.2. The molecule has 0 saturated carbocycles. The SMILES string of the molecule is CSCC[C@H](NC(=O)c1ccc(N(Cc2cnc[nH]2)S(=O)(=O)c2ccc(Cl)cc2)cc1-c1ccccc1)C(=O)O. The Labute approximate surface area is 241 Å². The van der Waals surface area contributed by atoms with E-state index in [9.17, 15) is 23.1 Å². The van der Waals surface area contributed by atoms with Gasteiger partial charge in [-0.05, 0) is 72.0 Å². The minimum Gasteiger partial charge on any atom is -0.480 e. The van der Waals surface area contributed by atoms with Crippen molar-refractivity contribution in [3.8, 4) is 11.1 Å². The highest BCUT2D eigenvalue weighted by Crippen LogP contribution is 2.33. The number of carbonyl (C=O) groups is 2. The number of nitrogens with one attached hydrogen (secondary N) is 2. The van der Waals surface area contributed by atoms with Gasteiger partial charge in [0, 0.05) is 16.8 Å². The molecule has 0 aliphatic rings. The summed E-state index contributed by atoms with van der Waals surface area (Å²) in [6.07, 6.45) is 5.12. The van der Waals surface area contributed by atoms with Crippen LogP contribution in [0.2, 0.25) is 5.02 Å². The quantitative estimate of drug-likeness (QED) is 0.208. The summed E-state index contributed by atoms with van der Waals surface area (Å²) in [4.78, 5) is 32.1. The molecule has 0 unspecified atom stereocenters. The molecule has 208 valence electrons. The van der Waals surface area contributed by atoms with E-state index in [0.29, 0.717) is 33.3 Å². The predicted molar refractivity (Wildman–Crippen MR) is 157 cm³/mol. The maximum Gasteiger partial charge on any atom is 0.326 e. The van der Waals surface area contributed by atoms with Gasteiger partial charge in [0.2, 0.25) is 0 Å². The van der Waals surface area contributed by atoms with Crippen molar-refractivity contribution in [1.29, 1.82) is 0 Å². The summed E-state index contributed by atoms with van der Waals surface area (Å²) in [7, 11) is -4.07. The molecule has 3 aromatic carbocycles. The van der Waals surface area contributed by atoms with Gasteiger partial charge in [-0.2, -0.15) is 11.8 Å². The zero-order valence-corrected chi connectivity index (χ0v) is 23.8. The van der Waals surface area contributed by atoms with Crippen molar-refractivity contribution in [2.75, 3.05) is 16.3 Å². The van der Waals surface area contributed by atoms with Crippen molar-refractivity contribution in [1.82, 2.24) is 15.3 Å². The Kier molecular flexibility index (Phi) is 9.51. The maximum atomic E-state index is 13.9. The number of anilines is 1. The molecule has 40 heavy (non-hydrogen) atoms. The van der Waals surface area contributed by atoms with Crippen molar-refractivity contribution in [3.05, 3.63) is 102 Å². The average molecular weight is 599 g/mol. The molecule has 0 aliphatic heterocycles. The second kappa shape index (κ2) is 13.0. The fourth-order valence-corrected chi connectivity index (χ4v) is 6.08.